The summed E-state index contributed by atoms with van der Waals surface area (Å²) < 4.78 is 32.8. The molecule has 1 heterocycles. The van der Waals surface area contributed by atoms with Gasteiger partial charge in [-0.2, -0.15) is 17.4 Å². The minimum absolute atomic E-state index is 0.0960. The second kappa shape index (κ2) is 7.89. The number of hydrogen-bond acceptors (Lipinski definition) is 5. The maximum atomic E-state index is 12.0. The van der Waals surface area contributed by atoms with Gasteiger partial charge in [-0.3, -0.25) is 10.3 Å². The summed E-state index contributed by atoms with van der Waals surface area (Å²) in [5, 5.41) is 7.55. The van der Waals surface area contributed by atoms with E-state index >= 15 is 0 Å². The molecule has 0 amide bonds. The molecule has 118 valence electrons. The third-order valence-electron chi connectivity index (χ3n) is 3.39. The van der Waals surface area contributed by atoms with E-state index in [1.807, 2.05) is 6.92 Å². The van der Waals surface area contributed by atoms with E-state index in [0.717, 1.165) is 6.42 Å². The van der Waals surface area contributed by atoms with Crippen LogP contribution in [0, 0.1) is 5.41 Å². The van der Waals surface area contributed by atoms with Crippen molar-refractivity contribution in [2.24, 2.45) is 5.73 Å². The molecule has 8 nitrogen and oxygen atoms in total. The summed E-state index contributed by atoms with van der Waals surface area (Å²) in [6.45, 7) is 4.58. The summed E-state index contributed by atoms with van der Waals surface area (Å²) in [6, 6.07) is -0.0960. The second-order valence-electron chi connectivity index (χ2n) is 4.71. The third kappa shape index (κ3) is 4.67. The number of nitrogens with zero attached hydrogens (tertiary/aromatic N) is 2. The van der Waals surface area contributed by atoms with Gasteiger partial charge >= 0.3 is 0 Å². The average molecular weight is 307 g/mol. The lowest BCUT2D eigenvalue weighted by Gasteiger charge is -2.37. The summed E-state index contributed by atoms with van der Waals surface area (Å²) in [4.78, 5) is 2.06. The highest BCUT2D eigenvalue weighted by molar-refractivity contribution is 7.87. The Balaban J connectivity index is 2.51. The molecule has 0 bridgehead atoms. The lowest BCUT2D eigenvalue weighted by atomic mass is 10.1. The number of nitrogens with two attached hydrogens (primary N) is 1. The number of methoxy groups -OCH3 is 1. The van der Waals surface area contributed by atoms with E-state index in [1.165, 1.54) is 11.4 Å². The number of hydrogen-bond donors (Lipinski definition) is 3. The molecule has 0 aromatic carbocycles. The Hall–Kier alpha value is -0.740. The molecule has 0 aromatic rings. The Labute approximate surface area is 120 Å². The first kappa shape index (κ1) is 17.3. The molecule has 0 spiro atoms. The van der Waals surface area contributed by atoms with Crippen LogP contribution in [0.25, 0.3) is 0 Å². The zero-order valence-corrected chi connectivity index (χ0v) is 12.9. The van der Waals surface area contributed by atoms with Crippen molar-refractivity contribution in [1.82, 2.24) is 13.9 Å². The number of piperazine rings is 1. The third-order valence-corrected chi connectivity index (χ3v) is 5.00. The summed E-state index contributed by atoms with van der Waals surface area (Å²) in [5.74, 6) is 0.141. The van der Waals surface area contributed by atoms with Crippen LogP contribution in [0.4, 0.5) is 0 Å². The van der Waals surface area contributed by atoms with Crippen LogP contribution in [0.2, 0.25) is 0 Å². The van der Waals surface area contributed by atoms with E-state index in [2.05, 4.69) is 9.62 Å². The fourth-order valence-corrected chi connectivity index (χ4v) is 3.46. The first-order chi connectivity index (χ1) is 9.42. The topological polar surface area (TPSA) is 112 Å². The fourth-order valence-electron chi connectivity index (χ4n) is 2.29. The van der Waals surface area contributed by atoms with Gasteiger partial charge in [-0.15, -0.1) is 0 Å². The first-order valence-corrected chi connectivity index (χ1v) is 8.18. The largest absolute Gasteiger partial charge is 0.386 e. The van der Waals surface area contributed by atoms with Gasteiger partial charge in [0.25, 0.3) is 10.2 Å². The van der Waals surface area contributed by atoms with E-state index in [-0.39, 0.29) is 18.4 Å². The maximum absolute atomic E-state index is 12.0. The monoisotopic (exact) mass is 307 g/mol. The molecule has 1 saturated heterocycles. The van der Waals surface area contributed by atoms with Crippen molar-refractivity contribution in [3.63, 3.8) is 0 Å². The summed E-state index contributed by atoms with van der Waals surface area (Å²) in [7, 11) is -1.91. The predicted molar refractivity (Wildman–Crippen MR) is 77.9 cm³/mol. The van der Waals surface area contributed by atoms with E-state index in [1.54, 1.807) is 0 Å². The Morgan fingerprint density at radius 3 is 2.45 bits per heavy atom. The number of nitrogens with one attached hydrogen (secondary N) is 2. The van der Waals surface area contributed by atoms with Gasteiger partial charge in [0.1, 0.15) is 5.84 Å². The van der Waals surface area contributed by atoms with Gasteiger partial charge in [-0.25, -0.2) is 0 Å². The smallest absolute Gasteiger partial charge is 0.279 e. The molecule has 1 atom stereocenters. The highest BCUT2D eigenvalue weighted by Gasteiger charge is 2.29. The normalized spacial score (nSPS) is 19.9. The summed E-state index contributed by atoms with van der Waals surface area (Å²) in [5.41, 5.74) is 5.56. The quantitative estimate of drug-likeness (QED) is 0.296. The fraction of sp³-hybridized carbons (Fsp3) is 0.909. The minimum atomic E-state index is -3.44. The van der Waals surface area contributed by atoms with Gasteiger partial charge in [0.15, 0.2) is 0 Å². The molecule has 0 radical (unpaired) electrons. The van der Waals surface area contributed by atoms with Crippen molar-refractivity contribution in [2.45, 2.75) is 19.4 Å². The Morgan fingerprint density at radius 2 is 2.00 bits per heavy atom. The molecule has 1 rings (SSSR count). The van der Waals surface area contributed by atoms with Crippen LogP contribution >= 0.6 is 0 Å². The molecular weight excluding hydrogens is 282 g/mol. The van der Waals surface area contributed by atoms with Crippen LogP contribution in [0.3, 0.4) is 0 Å². The van der Waals surface area contributed by atoms with Crippen molar-refractivity contribution < 1.29 is 13.2 Å². The van der Waals surface area contributed by atoms with Crippen LogP contribution < -0.4 is 10.5 Å². The van der Waals surface area contributed by atoms with Gasteiger partial charge in [-0.05, 0) is 6.42 Å². The zero-order valence-electron chi connectivity index (χ0n) is 12.1. The highest BCUT2D eigenvalue weighted by atomic mass is 32.2. The van der Waals surface area contributed by atoms with Gasteiger partial charge in [0, 0.05) is 39.8 Å². The van der Waals surface area contributed by atoms with Crippen LogP contribution in [0.15, 0.2) is 0 Å². The van der Waals surface area contributed by atoms with Crippen molar-refractivity contribution in [3.05, 3.63) is 0 Å². The van der Waals surface area contributed by atoms with Gasteiger partial charge in [-0.1, -0.05) is 6.92 Å². The number of ether oxygens (including phenoxy) is 1. The van der Waals surface area contributed by atoms with E-state index in [9.17, 15) is 8.42 Å². The average Bonchev–Trinajstić information content (AvgIpc) is 2.40. The molecule has 0 aromatic heterocycles. The first-order valence-electron chi connectivity index (χ1n) is 6.74. The Kier molecular flexibility index (Phi) is 6.83. The molecule has 1 aliphatic rings. The van der Waals surface area contributed by atoms with Crippen LogP contribution in [0.1, 0.15) is 13.3 Å². The highest BCUT2D eigenvalue weighted by Crippen LogP contribution is 2.11. The van der Waals surface area contributed by atoms with E-state index in [4.69, 9.17) is 15.9 Å². The van der Waals surface area contributed by atoms with Gasteiger partial charge in [0.05, 0.1) is 12.6 Å². The predicted octanol–water partition coefficient (Wildman–Crippen LogP) is -1.20. The Bertz CT molecular complexity index is 406. The van der Waals surface area contributed by atoms with Crippen LogP contribution in [-0.2, 0) is 14.9 Å². The lowest BCUT2D eigenvalue weighted by Crippen LogP contribution is -2.56. The summed E-state index contributed by atoms with van der Waals surface area (Å²) in [6.07, 6.45) is 0.758. The molecule has 1 unspecified atom stereocenters. The molecule has 9 heteroatoms. The Morgan fingerprint density at radius 1 is 1.40 bits per heavy atom. The zero-order chi connectivity index (χ0) is 15.2. The summed E-state index contributed by atoms with van der Waals surface area (Å²) >= 11 is 0. The molecule has 0 aliphatic carbocycles. The van der Waals surface area contributed by atoms with Crippen molar-refractivity contribution in [1.29, 1.82) is 5.41 Å². The number of amidine groups is 1. The van der Waals surface area contributed by atoms with E-state index in [0.29, 0.717) is 32.8 Å². The van der Waals surface area contributed by atoms with Gasteiger partial charge < -0.3 is 10.5 Å². The van der Waals surface area contributed by atoms with Gasteiger partial charge in [0.2, 0.25) is 0 Å². The number of rotatable bonds is 8. The maximum Gasteiger partial charge on any atom is 0.279 e. The SMILES string of the molecule is CCC(C(=N)N)N1CCN(S(=O)(=O)NCCOC)CC1. The van der Waals surface area contributed by atoms with Crippen molar-refractivity contribution in [3.8, 4) is 0 Å². The van der Waals surface area contributed by atoms with E-state index < -0.39 is 10.2 Å². The molecular formula is C11H25N5O3S. The molecule has 4 N–H and O–H groups in total. The second-order valence-corrected chi connectivity index (χ2v) is 6.46. The molecule has 1 fully saturated rings. The van der Waals surface area contributed by atoms with Crippen LogP contribution in [0.5, 0.6) is 0 Å². The molecule has 1 aliphatic heterocycles. The minimum Gasteiger partial charge on any atom is -0.386 e. The van der Waals surface area contributed by atoms with Crippen molar-refractivity contribution in [2.75, 3.05) is 46.4 Å². The van der Waals surface area contributed by atoms with Crippen molar-refractivity contribution >= 4 is 16.0 Å². The lowest BCUT2D eigenvalue weighted by molar-refractivity contribution is 0.162. The molecule has 0 saturated carbocycles. The standard InChI is InChI=1S/C11H25N5O3S/c1-3-10(11(12)13)15-5-7-16(8-6-15)20(17,18)14-4-9-19-2/h10,14H,3-9H2,1-2H3,(H3,12,13). The van der Waals surface area contributed by atoms with Crippen LogP contribution in [-0.4, -0.2) is 75.9 Å². The molecule has 20 heavy (non-hydrogen) atoms.